The predicted molar refractivity (Wildman–Crippen MR) is 104 cm³/mol. The van der Waals surface area contributed by atoms with Crippen molar-refractivity contribution in [3.63, 3.8) is 0 Å². The van der Waals surface area contributed by atoms with Gasteiger partial charge >= 0.3 is 0 Å². The van der Waals surface area contributed by atoms with Crippen molar-refractivity contribution in [2.45, 2.75) is 19.3 Å². The Bertz CT molecular complexity index is 1080. The number of nitriles is 1. The molecule has 0 unspecified atom stereocenters. The van der Waals surface area contributed by atoms with E-state index in [1.807, 2.05) is 24.3 Å². The van der Waals surface area contributed by atoms with Crippen LogP contribution in [0.4, 0.5) is 0 Å². The van der Waals surface area contributed by atoms with Gasteiger partial charge < -0.3 is 9.73 Å². The fourth-order valence-electron chi connectivity index (χ4n) is 3.29. The van der Waals surface area contributed by atoms with E-state index in [1.54, 1.807) is 0 Å². The highest BCUT2D eigenvalue weighted by Crippen LogP contribution is 2.31. The molecular formula is C22H18N4O2. The highest BCUT2D eigenvalue weighted by Gasteiger charge is 2.17. The number of rotatable bonds is 6. The lowest BCUT2D eigenvalue weighted by Crippen LogP contribution is -2.25. The summed E-state index contributed by atoms with van der Waals surface area (Å²) in [4.78, 5) is 11.6. The Hall–Kier alpha value is -3.72. The number of carbonyl (C=O) groups is 1. The Labute approximate surface area is 162 Å². The molecule has 3 aromatic rings. The quantitative estimate of drug-likeness (QED) is 0.673. The van der Waals surface area contributed by atoms with Crippen molar-refractivity contribution in [1.82, 2.24) is 15.5 Å². The Kier molecular flexibility index (Phi) is 4.98. The third kappa shape index (κ3) is 3.99. The van der Waals surface area contributed by atoms with Crippen molar-refractivity contribution in [3.05, 3.63) is 77.0 Å². The van der Waals surface area contributed by atoms with E-state index >= 15 is 0 Å². The first kappa shape index (κ1) is 17.7. The van der Waals surface area contributed by atoms with Gasteiger partial charge in [-0.2, -0.15) is 5.26 Å². The standard InChI is InChI=1S/C22H18N4O2/c23-8-9-24-20(27)14-22-26-25-21(28-22)12-15-10-17-6-7-18(13-19(17)11-15)16-4-2-1-3-5-16/h1-7,11,13H,9-10,12,14H2,(H,24,27). The smallest absolute Gasteiger partial charge is 0.230 e. The fraction of sp³-hybridized carbons (Fsp3) is 0.182. The molecule has 28 heavy (non-hydrogen) atoms. The monoisotopic (exact) mass is 370 g/mol. The van der Waals surface area contributed by atoms with E-state index in [4.69, 9.17) is 9.68 Å². The molecule has 6 heteroatoms. The molecule has 1 N–H and O–H groups in total. The maximum absolute atomic E-state index is 11.6. The predicted octanol–water partition coefficient (Wildman–Crippen LogP) is 3.10. The minimum absolute atomic E-state index is 0.0195. The number of carbonyl (C=O) groups excluding carboxylic acids is 1. The van der Waals surface area contributed by atoms with Crippen LogP contribution in [0.25, 0.3) is 17.2 Å². The SMILES string of the molecule is N#CCNC(=O)Cc1nnc(CC2=Cc3cc(-c4ccccc4)ccc3C2)o1. The zero-order valence-corrected chi connectivity index (χ0v) is 15.2. The summed E-state index contributed by atoms with van der Waals surface area (Å²) < 4.78 is 5.58. The largest absolute Gasteiger partial charge is 0.424 e. The van der Waals surface area contributed by atoms with Gasteiger partial charge in [-0.05, 0) is 34.7 Å². The molecule has 0 saturated carbocycles. The van der Waals surface area contributed by atoms with Crippen molar-refractivity contribution in [2.75, 3.05) is 6.54 Å². The van der Waals surface area contributed by atoms with Gasteiger partial charge in [-0.1, -0.05) is 54.1 Å². The maximum atomic E-state index is 11.6. The van der Waals surface area contributed by atoms with Crippen molar-refractivity contribution < 1.29 is 9.21 Å². The molecular weight excluding hydrogens is 352 g/mol. The summed E-state index contributed by atoms with van der Waals surface area (Å²) in [5.74, 6) is 0.441. The van der Waals surface area contributed by atoms with Gasteiger partial charge in [0, 0.05) is 6.42 Å². The van der Waals surface area contributed by atoms with E-state index in [0.717, 1.165) is 6.42 Å². The van der Waals surface area contributed by atoms with Gasteiger partial charge in [0.05, 0.1) is 6.07 Å². The highest BCUT2D eigenvalue weighted by atomic mass is 16.4. The van der Waals surface area contributed by atoms with Gasteiger partial charge in [0.1, 0.15) is 13.0 Å². The first-order valence-electron chi connectivity index (χ1n) is 9.04. The molecule has 0 atom stereocenters. The summed E-state index contributed by atoms with van der Waals surface area (Å²) in [6, 6.07) is 18.7. The van der Waals surface area contributed by atoms with E-state index < -0.39 is 0 Å². The number of fused-ring (bicyclic) bond motifs is 1. The summed E-state index contributed by atoms with van der Waals surface area (Å²) in [5, 5.41) is 18.9. The molecule has 0 bridgehead atoms. The number of hydrogen-bond donors (Lipinski definition) is 1. The van der Waals surface area contributed by atoms with E-state index in [2.05, 4.69) is 51.9 Å². The van der Waals surface area contributed by atoms with Crippen molar-refractivity contribution in [1.29, 1.82) is 5.26 Å². The lowest BCUT2D eigenvalue weighted by molar-refractivity contribution is -0.120. The molecule has 6 nitrogen and oxygen atoms in total. The number of amides is 1. The molecule has 0 spiro atoms. The number of nitrogens with zero attached hydrogens (tertiary/aromatic N) is 3. The van der Waals surface area contributed by atoms with Crippen LogP contribution in [0.5, 0.6) is 0 Å². The van der Waals surface area contributed by atoms with Crippen LogP contribution in [0.2, 0.25) is 0 Å². The Morgan fingerprint density at radius 2 is 1.93 bits per heavy atom. The Morgan fingerprint density at radius 1 is 1.11 bits per heavy atom. The minimum Gasteiger partial charge on any atom is -0.424 e. The molecule has 0 aliphatic heterocycles. The van der Waals surface area contributed by atoms with Crippen LogP contribution in [0.15, 0.2) is 58.5 Å². The lowest BCUT2D eigenvalue weighted by Gasteiger charge is -2.04. The van der Waals surface area contributed by atoms with Crippen LogP contribution >= 0.6 is 0 Å². The van der Waals surface area contributed by atoms with E-state index in [9.17, 15) is 4.79 Å². The zero-order chi connectivity index (χ0) is 19.3. The molecule has 1 aliphatic rings. The summed E-state index contributed by atoms with van der Waals surface area (Å²) >= 11 is 0. The normalized spacial score (nSPS) is 12.2. The van der Waals surface area contributed by atoms with Crippen molar-refractivity contribution in [2.24, 2.45) is 0 Å². The number of nitrogens with one attached hydrogen (secondary N) is 1. The average molecular weight is 370 g/mol. The van der Waals surface area contributed by atoms with Gasteiger partial charge in [0.15, 0.2) is 0 Å². The van der Waals surface area contributed by atoms with E-state index in [-0.39, 0.29) is 24.8 Å². The van der Waals surface area contributed by atoms with Crippen LogP contribution in [0, 0.1) is 11.3 Å². The second-order valence-corrected chi connectivity index (χ2v) is 6.64. The Morgan fingerprint density at radius 3 is 2.75 bits per heavy atom. The average Bonchev–Trinajstić information content (AvgIpc) is 3.32. The maximum Gasteiger partial charge on any atom is 0.230 e. The molecule has 1 heterocycles. The second kappa shape index (κ2) is 7.89. The third-order valence-electron chi connectivity index (χ3n) is 4.59. The van der Waals surface area contributed by atoms with Crippen LogP contribution < -0.4 is 5.32 Å². The first-order valence-corrected chi connectivity index (χ1v) is 9.04. The topological polar surface area (TPSA) is 91.8 Å². The first-order chi connectivity index (χ1) is 13.7. The van der Waals surface area contributed by atoms with Crippen molar-refractivity contribution in [3.8, 4) is 17.2 Å². The van der Waals surface area contributed by atoms with Crippen molar-refractivity contribution >= 4 is 12.0 Å². The van der Waals surface area contributed by atoms with Crippen LogP contribution in [0.3, 0.4) is 0 Å². The van der Waals surface area contributed by atoms with Gasteiger partial charge in [-0.3, -0.25) is 4.79 Å². The molecule has 138 valence electrons. The van der Waals surface area contributed by atoms with Crippen LogP contribution in [-0.2, 0) is 24.1 Å². The number of aromatic nitrogens is 2. The molecule has 1 aliphatic carbocycles. The van der Waals surface area contributed by atoms with E-state index in [1.165, 1.54) is 27.8 Å². The number of allylic oxidation sites excluding steroid dienone is 1. The zero-order valence-electron chi connectivity index (χ0n) is 15.2. The second-order valence-electron chi connectivity index (χ2n) is 6.64. The summed E-state index contributed by atoms with van der Waals surface area (Å²) in [6.07, 6.45) is 3.56. The molecule has 4 rings (SSSR count). The molecule has 1 aromatic heterocycles. The Balaban J connectivity index is 1.43. The minimum atomic E-state index is -0.308. The molecule has 0 fully saturated rings. The fourth-order valence-corrected chi connectivity index (χ4v) is 3.29. The molecule has 0 radical (unpaired) electrons. The van der Waals surface area contributed by atoms with Crippen LogP contribution in [0.1, 0.15) is 22.9 Å². The van der Waals surface area contributed by atoms with E-state index in [0.29, 0.717) is 12.3 Å². The molecule has 1 amide bonds. The van der Waals surface area contributed by atoms with Gasteiger partial charge in [-0.25, -0.2) is 0 Å². The summed E-state index contributed by atoms with van der Waals surface area (Å²) in [6.45, 7) is -0.0318. The molecule has 0 saturated heterocycles. The van der Waals surface area contributed by atoms with Gasteiger partial charge in [-0.15, -0.1) is 10.2 Å². The number of benzene rings is 2. The molecule has 2 aromatic carbocycles. The lowest BCUT2D eigenvalue weighted by atomic mass is 10.0. The summed E-state index contributed by atoms with van der Waals surface area (Å²) in [7, 11) is 0. The number of hydrogen-bond acceptors (Lipinski definition) is 5. The summed E-state index contributed by atoms with van der Waals surface area (Å²) in [5.41, 5.74) is 6.09. The van der Waals surface area contributed by atoms with Crippen LogP contribution in [-0.4, -0.2) is 22.6 Å². The van der Waals surface area contributed by atoms with Gasteiger partial charge in [0.25, 0.3) is 0 Å². The third-order valence-corrected chi connectivity index (χ3v) is 4.59. The highest BCUT2D eigenvalue weighted by molar-refractivity contribution is 5.77. The van der Waals surface area contributed by atoms with Gasteiger partial charge in [0.2, 0.25) is 17.7 Å².